The van der Waals surface area contributed by atoms with Gasteiger partial charge in [0.25, 0.3) is 5.91 Å². The van der Waals surface area contributed by atoms with Crippen molar-refractivity contribution in [1.29, 1.82) is 0 Å². The summed E-state index contributed by atoms with van der Waals surface area (Å²) in [7, 11) is 2.07. The van der Waals surface area contributed by atoms with Gasteiger partial charge in [-0.25, -0.2) is 0 Å². The molecule has 1 unspecified atom stereocenters. The Hall–Kier alpha value is -1.79. The Morgan fingerprint density at radius 2 is 2.29 bits per heavy atom. The highest BCUT2D eigenvalue weighted by molar-refractivity contribution is 6.02. The molecule has 21 heavy (non-hydrogen) atoms. The second kappa shape index (κ2) is 6.32. The van der Waals surface area contributed by atoms with Gasteiger partial charge in [-0.15, -0.1) is 0 Å². The largest absolute Gasteiger partial charge is 0.382 e. The average molecular weight is 290 g/mol. The molecule has 114 valence electrons. The minimum atomic E-state index is -0.0557. The van der Waals surface area contributed by atoms with Crippen LogP contribution in [0, 0.1) is 0 Å². The summed E-state index contributed by atoms with van der Waals surface area (Å²) in [6.07, 6.45) is 0.0679. The van der Waals surface area contributed by atoms with E-state index in [1.165, 1.54) is 0 Å². The topological polar surface area (TPSA) is 65.6 Å². The molecule has 1 aromatic rings. The van der Waals surface area contributed by atoms with Crippen molar-refractivity contribution in [2.45, 2.75) is 6.10 Å². The van der Waals surface area contributed by atoms with Crippen LogP contribution in [0.4, 0.5) is 11.4 Å². The summed E-state index contributed by atoms with van der Waals surface area (Å²) in [4.78, 5) is 14.6. The van der Waals surface area contributed by atoms with E-state index < -0.39 is 0 Å². The molecule has 0 spiro atoms. The minimum Gasteiger partial charge on any atom is -0.382 e. The van der Waals surface area contributed by atoms with Gasteiger partial charge in [0.1, 0.15) is 0 Å². The van der Waals surface area contributed by atoms with Crippen molar-refractivity contribution in [3.05, 3.63) is 23.8 Å². The number of ether oxygens (including phenoxy) is 1. The van der Waals surface area contributed by atoms with E-state index in [1.54, 1.807) is 0 Å². The molecule has 0 bridgehead atoms. The van der Waals surface area contributed by atoms with Gasteiger partial charge in [0, 0.05) is 32.7 Å². The number of rotatable bonds is 3. The molecule has 2 aliphatic rings. The molecule has 1 amide bonds. The lowest BCUT2D eigenvalue weighted by molar-refractivity contribution is -0.0174. The van der Waals surface area contributed by atoms with E-state index in [9.17, 15) is 4.79 Å². The van der Waals surface area contributed by atoms with E-state index >= 15 is 0 Å². The second-order valence-corrected chi connectivity index (χ2v) is 5.55. The minimum absolute atomic E-state index is 0.0557. The maximum absolute atomic E-state index is 12.4. The first-order valence-corrected chi connectivity index (χ1v) is 7.43. The van der Waals surface area contributed by atoms with Crippen molar-refractivity contribution < 1.29 is 9.53 Å². The van der Waals surface area contributed by atoms with Gasteiger partial charge in [-0.05, 0) is 19.2 Å². The molecular formula is C15H22N4O2. The average Bonchev–Trinajstić information content (AvgIpc) is 2.52. The van der Waals surface area contributed by atoms with E-state index in [0.717, 1.165) is 44.2 Å². The van der Waals surface area contributed by atoms with E-state index in [-0.39, 0.29) is 12.0 Å². The first kappa shape index (κ1) is 14.2. The number of anilines is 2. The van der Waals surface area contributed by atoms with E-state index in [2.05, 4.69) is 27.9 Å². The number of hydrogen-bond donors (Lipinski definition) is 3. The predicted octanol–water partition coefficient (Wildman–Crippen LogP) is 0.584. The molecule has 1 atom stereocenters. The molecule has 0 radical (unpaired) electrons. The summed E-state index contributed by atoms with van der Waals surface area (Å²) in [5.41, 5.74) is 2.56. The number of carbonyl (C=O) groups is 1. The Morgan fingerprint density at radius 1 is 1.43 bits per heavy atom. The fourth-order valence-corrected chi connectivity index (χ4v) is 2.76. The van der Waals surface area contributed by atoms with E-state index in [0.29, 0.717) is 12.1 Å². The van der Waals surface area contributed by atoms with Crippen molar-refractivity contribution in [2.75, 3.05) is 57.0 Å². The van der Waals surface area contributed by atoms with Crippen LogP contribution >= 0.6 is 0 Å². The number of carbonyl (C=O) groups excluding carboxylic acids is 1. The molecule has 2 aliphatic heterocycles. The number of likely N-dealkylation sites (N-methyl/N-ethyl adjacent to an activating group) is 1. The molecule has 0 aliphatic carbocycles. The van der Waals surface area contributed by atoms with Crippen molar-refractivity contribution in [3.63, 3.8) is 0 Å². The first-order valence-electron chi connectivity index (χ1n) is 7.43. The van der Waals surface area contributed by atoms with Crippen LogP contribution in [-0.2, 0) is 4.74 Å². The highest BCUT2D eigenvalue weighted by Gasteiger charge is 2.21. The molecule has 1 aromatic carbocycles. The van der Waals surface area contributed by atoms with E-state index in [1.807, 2.05) is 18.2 Å². The number of benzene rings is 1. The van der Waals surface area contributed by atoms with Crippen LogP contribution in [0.15, 0.2) is 18.2 Å². The highest BCUT2D eigenvalue weighted by atomic mass is 16.5. The summed E-state index contributed by atoms with van der Waals surface area (Å²) in [6, 6.07) is 5.73. The summed E-state index contributed by atoms with van der Waals surface area (Å²) in [5.74, 6) is -0.0557. The Kier molecular flexibility index (Phi) is 4.26. The van der Waals surface area contributed by atoms with Crippen LogP contribution in [-0.4, -0.2) is 63.3 Å². The molecular weight excluding hydrogens is 268 g/mol. The van der Waals surface area contributed by atoms with Gasteiger partial charge < -0.3 is 25.6 Å². The van der Waals surface area contributed by atoms with Gasteiger partial charge in [0.2, 0.25) is 0 Å². The number of amides is 1. The number of morpholine rings is 1. The van der Waals surface area contributed by atoms with Gasteiger partial charge in [-0.2, -0.15) is 0 Å². The van der Waals surface area contributed by atoms with Crippen LogP contribution in [0.1, 0.15) is 10.4 Å². The Labute approximate surface area is 124 Å². The summed E-state index contributed by atoms with van der Waals surface area (Å²) in [5, 5.41) is 9.57. The number of fused-ring (bicyclic) bond motifs is 1. The molecule has 1 saturated heterocycles. The Balaban J connectivity index is 1.63. The standard InChI is InChI=1S/C15H22N4O2/c1-19-7-8-21-11(10-19)9-18-15(20)12-3-2-4-13-14(12)17-6-5-16-13/h2-4,11,16-17H,5-10H2,1H3,(H,18,20). The molecule has 3 N–H and O–H groups in total. The summed E-state index contributed by atoms with van der Waals surface area (Å²) < 4.78 is 5.66. The molecule has 6 heteroatoms. The Morgan fingerprint density at radius 3 is 3.14 bits per heavy atom. The van der Waals surface area contributed by atoms with Crippen molar-refractivity contribution in [1.82, 2.24) is 10.2 Å². The van der Waals surface area contributed by atoms with Crippen LogP contribution in [0.25, 0.3) is 0 Å². The van der Waals surface area contributed by atoms with Gasteiger partial charge in [0.15, 0.2) is 0 Å². The zero-order chi connectivity index (χ0) is 14.7. The van der Waals surface area contributed by atoms with Crippen molar-refractivity contribution in [3.8, 4) is 0 Å². The van der Waals surface area contributed by atoms with Crippen LogP contribution in [0.5, 0.6) is 0 Å². The van der Waals surface area contributed by atoms with Crippen LogP contribution in [0.3, 0.4) is 0 Å². The lowest BCUT2D eigenvalue weighted by Gasteiger charge is -2.30. The van der Waals surface area contributed by atoms with Crippen molar-refractivity contribution >= 4 is 17.3 Å². The lowest BCUT2D eigenvalue weighted by Crippen LogP contribution is -2.46. The second-order valence-electron chi connectivity index (χ2n) is 5.55. The summed E-state index contributed by atoms with van der Waals surface area (Å²) in [6.45, 7) is 4.77. The molecule has 6 nitrogen and oxygen atoms in total. The smallest absolute Gasteiger partial charge is 0.253 e. The Bertz CT molecular complexity index is 520. The molecule has 2 heterocycles. The van der Waals surface area contributed by atoms with Gasteiger partial charge in [0.05, 0.1) is 29.6 Å². The fraction of sp³-hybridized carbons (Fsp3) is 0.533. The normalized spacial score (nSPS) is 21.9. The SMILES string of the molecule is CN1CCOC(CNC(=O)c2cccc3c2NCCN3)C1. The third kappa shape index (κ3) is 3.28. The first-order chi connectivity index (χ1) is 10.2. The number of para-hydroxylation sites is 1. The van der Waals surface area contributed by atoms with Gasteiger partial charge in [-0.3, -0.25) is 4.79 Å². The number of nitrogens with one attached hydrogen (secondary N) is 3. The van der Waals surface area contributed by atoms with Gasteiger partial charge in [-0.1, -0.05) is 6.07 Å². The third-order valence-corrected chi connectivity index (χ3v) is 3.88. The van der Waals surface area contributed by atoms with Gasteiger partial charge >= 0.3 is 0 Å². The molecule has 0 saturated carbocycles. The maximum atomic E-state index is 12.4. The predicted molar refractivity (Wildman–Crippen MR) is 83.0 cm³/mol. The van der Waals surface area contributed by atoms with Crippen LogP contribution in [0.2, 0.25) is 0 Å². The third-order valence-electron chi connectivity index (χ3n) is 3.88. The molecule has 3 rings (SSSR count). The lowest BCUT2D eigenvalue weighted by atomic mass is 10.1. The zero-order valence-electron chi connectivity index (χ0n) is 12.3. The number of nitrogens with zero attached hydrogens (tertiary/aromatic N) is 1. The van der Waals surface area contributed by atoms with E-state index in [4.69, 9.17) is 4.74 Å². The molecule has 1 fully saturated rings. The highest BCUT2D eigenvalue weighted by Crippen LogP contribution is 2.28. The zero-order valence-corrected chi connectivity index (χ0v) is 12.3. The monoisotopic (exact) mass is 290 g/mol. The quantitative estimate of drug-likeness (QED) is 0.760. The van der Waals surface area contributed by atoms with Crippen LogP contribution < -0.4 is 16.0 Å². The summed E-state index contributed by atoms with van der Waals surface area (Å²) >= 11 is 0. The fourth-order valence-electron chi connectivity index (χ4n) is 2.76. The number of hydrogen-bond acceptors (Lipinski definition) is 5. The van der Waals surface area contributed by atoms with Crippen molar-refractivity contribution in [2.24, 2.45) is 0 Å². The maximum Gasteiger partial charge on any atom is 0.253 e. The molecule has 0 aromatic heterocycles.